The molecular weight excluding hydrogens is 290 g/mol. The van der Waals surface area contributed by atoms with Crippen LogP contribution in [0.2, 0.25) is 0 Å². The summed E-state index contributed by atoms with van der Waals surface area (Å²) in [5.41, 5.74) is -0.926. The number of hydrogen-bond donors (Lipinski definition) is 2. The number of carbonyl (C=O) groups is 1. The smallest absolute Gasteiger partial charge is 0.374 e. The van der Waals surface area contributed by atoms with Crippen LogP contribution in [0.4, 0.5) is 0 Å². The fourth-order valence-corrected chi connectivity index (χ4v) is 2.67. The Balaban J connectivity index is 1.85. The highest BCUT2D eigenvalue weighted by molar-refractivity contribution is 7.10. The van der Waals surface area contributed by atoms with Crippen molar-refractivity contribution in [3.8, 4) is 0 Å². The molecule has 0 fully saturated rings. The van der Waals surface area contributed by atoms with Crippen LogP contribution >= 0.6 is 11.3 Å². The van der Waals surface area contributed by atoms with Gasteiger partial charge in [0.1, 0.15) is 11.4 Å². The van der Waals surface area contributed by atoms with Crippen LogP contribution in [0.3, 0.4) is 0 Å². The van der Waals surface area contributed by atoms with Crippen LogP contribution in [0.15, 0.2) is 34.1 Å². The van der Waals surface area contributed by atoms with Crippen LogP contribution in [-0.4, -0.2) is 24.2 Å². The second kappa shape index (κ2) is 6.89. The number of hydrogen-bond acceptors (Lipinski definition) is 6. The van der Waals surface area contributed by atoms with Crippen LogP contribution in [0.25, 0.3) is 0 Å². The SMILES string of the molecule is CCOC(=O)c1ccc(CNCC(C)(O)c2cccs2)o1. The molecule has 0 aromatic carbocycles. The standard InChI is InChI=1S/C15H19NO4S/c1-3-19-14(17)12-7-6-11(20-12)9-16-10-15(2,18)13-5-4-8-21-13/h4-8,16,18H,3,9-10H2,1-2H3. The van der Waals surface area contributed by atoms with Crippen LogP contribution in [0.1, 0.15) is 35.0 Å². The van der Waals surface area contributed by atoms with Crippen LogP contribution in [0.5, 0.6) is 0 Å². The maximum Gasteiger partial charge on any atom is 0.374 e. The summed E-state index contributed by atoms with van der Waals surface area (Å²) in [6, 6.07) is 7.12. The number of rotatable bonds is 7. The highest BCUT2D eigenvalue weighted by atomic mass is 32.1. The molecular formula is C15H19NO4S. The number of esters is 1. The van der Waals surface area contributed by atoms with Gasteiger partial charge in [-0.15, -0.1) is 11.3 Å². The molecule has 0 radical (unpaired) electrons. The fourth-order valence-electron chi connectivity index (χ4n) is 1.89. The van der Waals surface area contributed by atoms with Gasteiger partial charge in [-0.2, -0.15) is 0 Å². The molecule has 0 saturated carbocycles. The van der Waals surface area contributed by atoms with E-state index in [2.05, 4.69) is 5.32 Å². The lowest BCUT2D eigenvalue weighted by atomic mass is 10.1. The van der Waals surface area contributed by atoms with Gasteiger partial charge in [-0.25, -0.2) is 4.79 Å². The number of aliphatic hydroxyl groups is 1. The van der Waals surface area contributed by atoms with Crippen molar-refractivity contribution in [1.82, 2.24) is 5.32 Å². The summed E-state index contributed by atoms with van der Waals surface area (Å²) in [6.45, 7) is 4.65. The van der Waals surface area contributed by atoms with E-state index in [1.807, 2.05) is 17.5 Å². The average Bonchev–Trinajstić information content (AvgIpc) is 3.10. The Morgan fingerprint density at radius 2 is 2.29 bits per heavy atom. The van der Waals surface area contributed by atoms with Crippen molar-refractivity contribution in [3.63, 3.8) is 0 Å². The van der Waals surface area contributed by atoms with E-state index in [1.165, 1.54) is 11.3 Å². The molecule has 114 valence electrons. The monoisotopic (exact) mass is 309 g/mol. The normalized spacial score (nSPS) is 13.9. The second-order valence-electron chi connectivity index (χ2n) is 4.84. The maximum atomic E-state index is 11.5. The first kappa shape index (κ1) is 15.8. The minimum Gasteiger partial charge on any atom is -0.460 e. The molecule has 2 N–H and O–H groups in total. The zero-order valence-corrected chi connectivity index (χ0v) is 12.9. The first-order valence-electron chi connectivity index (χ1n) is 6.76. The lowest BCUT2D eigenvalue weighted by molar-refractivity contribution is 0.0483. The molecule has 6 heteroatoms. The highest BCUT2D eigenvalue weighted by Crippen LogP contribution is 2.24. The third kappa shape index (κ3) is 4.17. The van der Waals surface area contributed by atoms with Gasteiger partial charge < -0.3 is 19.6 Å². The van der Waals surface area contributed by atoms with Gasteiger partial charge in [0.15, 0.2) is 0 Å². The molecule has 0 saturated heterocycles. The third-order valence-corrected chi connectivity index (χ3v) is 4.08. The van der Waals surface area contributed by atoms with E-state index in [9.17, 15) is 9.90 Å². The molecule has 0 spiro atoms. The molecule has 2 aromatic rings. The molecule has 21 heavy (non-hydrogen) atoms. The van der Waals surface area contributed by atoms with Gasteiger partial charge in [0, 0.05) is 11.4 Å². The zero-order valence-electron chi connectivity index (χ0n) is 12.1. The first-order chi connectivity index (χ1) is 10.0. The average molecular weight is 309 g/mol. The minimum absolute atomic E-state index is 0.193. The number of carbonyl (C=O) groups excluding carboxylic acids is 1. The van der Waals surface area contributed by atoms with E-state index in [1.54, 1.807) is 26.0 Å². The molecule has 5 nitrogen and oxygen atoms in total. The number of ether oxygens (including phenoxy) is 1. The van der Waals surface area contributed by atoms with Gasteiger partial charge in [-0.1, -0.05) is 6.07 Å². The summed E-state index contributed by atoms with van der Waals surface area (Å²) in [5, 5.41) is 15.4. The van der Waals surface area contributed by atoms with Crippen molar-refractivity contribution in [2.45, 2.75) is 26.0 Å². The van der Waals surface area contributed by atoms with Crippen LogP contribution in [-0.2, 0) is 16.9 Å². The Bertz CT molecular complexity index is 574. The molecule has 1 atom stereocenters. The third-order valence-electron chi connectivity index (χ3n) is 2.96. The second-order valence-corrected chi connectivity index (χ2v) is 5.79. The first-order valence-corrected chi connectivity index (χ1v) is 7.64. The zero-order chi connectivity index (χ0) is 15.3. The van der Waals surface area contributed by atoms with Crippen molar-refractivity contribution in [3.05, 3.63) is 46.0 Å². The van der Waals surface area contributed by atoms with Crippen LogP contribution < -0.4 is 5.32 Å². The quantitative estimate of drug-likeness (QED) is 0.769. The topological polar surface area (TPSA) is 71.7 Å². The van der Waals surface area contributed by atoms with Gasteiger partial charge in [-0.05, 0) is 37.4 Å². The van der Waals surface area contributed by atoms with E-state index in [0.717, 1.165) is 4.88 Å². The molecule has 0 aliphatic carbocycles. The molecule has 0 aliphatic heterocycles. The van der Waals surface area contributed by atoms with E-state index >= 15 is 0 Å². The molecule has 0 amide bonds. The fraction of sp³-hybridized carbons (Fsp3) is 0.400. The van der Waals surface area contributed by atoms with Gasteiger partial charge in [0.05, 0.1) is 13.2 Å². The Labute approximate surface area is 127 Å². The van der Waals surface area contributed by atoms with Crippen molar-refractivity contribution in [2.75, 3.05) is 13.2 Å². The molecule has 2 rings (SSSR count). The van der Waals surface area contributed by atoms with E-state index in [4.69, 9.17) is 9.15 Å². The predicted molar refractivity (Wildman–Crippen MR) is 80.3 cm³/mol. The van der Waals surface area contributed by atoms with E-state index in [-0.39, 0.29) is 5.76 Å². The summed E-state index contributed by atoms with van der Waals surface area (Å²) < 4.78 is 10.2. The Hall–Kier alpha value is -1.63. The summed E-state index contributed by atoms with van der Waals surface area (Å²) in [5.74, 6) is 0.355. The lowest BCUT2D eigenvalue weighted by Gasteiger charge is -2.22. The molecule has 2 aromatic heterocycles. The number of nitrogens with one attached hydrogen (secondary N) is 1. The van der Waals surface area contributed by atoms with Crippen molar-refractivity contribution in [1.29, 1.82) is 0 Å². The van der Waals surface area contributed by atoms with Gasteiger partial charge in [0.25, 0.3) is 0 Å². The summed E-state index contributed by atoms with van der Waals surface area (Å²) in [6.07, 6.45) is 0. The van der Waals surface area contributed by atoms with Crippen molar-refractivity contribution in [2.24, 2.45) is 0 Å². The predicted octanol–water partition coefficient (Wildman–Crippen LogP) is 2.52. The maximum absolute atomic E-state index is 11.5. The largest absolute Gasteiger partial charge is 0.460 e. The Morgan fingerprint density at radius 3 is 2.95 bits per heavy atom. The highest BCUT2D eigenvalue weighted by Gasteiger charge is 2.23. The Morgan fingerprint density at radius 1 is 1.48 bits per heavy atom. The number of furan rings is 1. The lowest BCUT2D eigenvalue weighted by Crippen LogP contribution is -2.34. The van der Waals surface area contributed by atoms with Crippen molar-refractivity contribution < 1.29 is 19.1 Å². The van der Waals surface area contributed by atoms with Gasteiger partial charge >= 0.3 is 5.97 Å². The number of thiophene rings is 1. The van der Waals surface area contributed by atoms with Crippen LogP contribution in [0, 0.1) is 0 Å². The minimum atomic E-state index is -0.926. The van der Waals surface area contributed by atoms with Crippen molar-refractivity contribution >= 4 is 17.3 Å². The van der Waals surface area contributed by atoms with E-state index < -0.39 is 11.6 Å². The molecule has 0 aliphatic rings. The summed E-state index contributed by atoms with van der Waals surface area (Å²) in [4.78, 5) is 12.4. The molecule has 2 heterocycles. The molecule has 0 bridgehead atoms. The summed E-state index contributed by atoms with van der Waals surface area (Å²) in [7, 11) is 0. The summed E-state index contributed by atoms with van der Waals surface area (Å²) >= 11 is 1.51. The van der Waals surface area contributed by atoms with Gasteiger partial charge in [0.2, 0.25) is 5.76 Å². The molecule has 1 unspecified atom stereocenters. The Kier molecular flexibility index (Phi) is 5.17. The van der Waals surface area contributed by atoms with Gasteiger partial charge in [-0.3, -0.25) is 0 Å². The van der Waals surface area contributed by atoms with E-state index in [0.29, 0.717) is 25.5 Å².